The maximum Gasteiger partial charge on any atom is 0.119 e. The van der Waals surface area contributed by atoms with Gasteiger partial charge in [0, 0.05) is 24.4 Å². The average molecular weight is 270 g/mol. The molecule has 1 unspecified atom stereocenters. The molecular weight excluding hydrogens is 248 g/mol. The molecule has 3 nitrogen and oxygen atoms in total. The Morgan fingerprint density at radius 1 is 1.20 bits per heavy atom. The van der Waals surface area contributed by atoms with Crippen LogP contribution in [0, 0.1) is 0 Å². The number of ether oxygens (including phenoxy) is 1. The molecule has 2 aromatic rings. The topological polar surface area (TPSA) is 48.1 Å². The quantitative estimate of drug-likeness (QED) is 0.841. The standard InChI is InChI=1S/C17H22N2O/c1-2-15(18)12-14-6-5-8-17(13-14)20-11-9-16-7-3-4-10-19-16/h3-8,10,13,15H,2,9,11-12,18H2,1H3. The van der Waals surface area contributed by atoms with Crippen molar-refractivity contribution in [1.29, 1.82) is 0 Å². The minimum absolute atomic E-state index is 0.221. The van der Waals surface area contributed by atoms with Gasteiger partial charge in [0.1, 0.15) is 5.75 Å². The third-order valence-electron chi connectivity index (χ3n) is 3.27. The lowest BCUT2D eigenvalue weighted by Gasteiger charge is -2.11. The molecule has 1 heterocycles. The second-order valence-corrected chi connectivity index (χ2v) is 4.94. The van der Waals surface area contributed by atoms with Gasteiger partial charge in [-0.05, 0) is 42.7 Å². The van der Waals surface area contributed by atoms with Gasteiger partial charge in [-0.3, -0.25) is 4.98 Å². The Morgan fingerprint density at radius 3 is 2.85 bits per heavy atom. The van der Waals surface area contributed by atoms with Crippen LogP contribution in [0.5, 0.6) is 5.75 Å². The van der Waals surface area contributed by atoms with Gasteiger partial charge in [0.15, 0.2) is 0 Å². The third-order valence-corrected chi connectivity index (χ3v) is 3.27. The Bertz CT molecular complexity index is 513. The van der Waals surface area contributed by atoms with Gasteiger partial charge in [0.05, 0.1) is 6.61 Å². The van der Waals surface area contributed by atoms with E-state index in [9.17, 15) is 0 Å². The zero-order valence-electron chi connectivity index (χ0n) is 12.0. The number of hydrogen-bond donors (Lipinski definition) is 1. The molecule has 20 heavy (non-hydrogen) atoms. The fraction of sp³-hybridized carbons (Fsp3) is 0.353. The first kappa shape index (κ1) is 14.5. The Labute approximate surface area is 120 Å². The van der Waals surface area contributed by atoms with Crippen LogP contribution in [-0.4, -0.2) is 17.6 Å². The molecule has 0 aliphatic carbocycles. The smallest absolute Gasteiger partial charge is 0.119 e. The molecule has 0 amide bonds. The van der Waals surface area contributed by atoms with E-state index in [4.69, 9.17) is 10.5 Å². The molecule has 3 heteroatoms. The number of aromatic nitrogens is 1. The number of rotatable bonds is 7. The predicted octanol–water partition coefficient (Wildman–Crippen LogP) is 2.98. The first-order chi connectivity index (χ1) is 9.78. The van der Waals surface area contributed by atoms with Crippen LogP contribution in [0.3, 0.4) is 0 Å². The molecule has 0 bridgehead atoms. The highest BCUT2D eigenvalue weighted by atomic mass is 16.5. The van der Waals surface area contributed by atoms with Gasteiger partial charge in [0.25, 0.3) is 0 Å². The van der Waals surface area contributed by atoms with Crippen LogP contribution in [0.1, 0.15) is 24.6 Å². The van der Waals surface area contributed by atoms with Crippen molar-refractivity contribution in [1.82, 2.24) is 4.98 Å². The Kier molecular flexibility index (Phi) is 5.56. The third kappa shape index (κ3) is 4.67. The van der Waals surface area contributed by atoms with E-state index >= 15 is 0 Å². The highest BCUT2D eigenvalue weighted by Gasteiger charge is 2.03. The summed E-state index contributed by atoms with van der Waals surface area (Å²) in [5, 5.41) is 0. The van der Waals surface area contributed by atoms with Gasteiger partial charge < -0.3 is 10.5 Å². The summed E-state index contributed by atoms with van der Waals surface area (Å²) in [7, 11) is 0. The summed E-state index contributed by atoms with van der Waals surface area (Å²) in [6.45, 7) is 2.75. The zero-order chi connectivity index (χ0) is 14.2. The summed E-state index contributed by atoms with van der Waals surface area (Å²) in [6, 6.07) is 14.3. The minimum Gasteiger partial charge on any atom is -0.493 e. The number of benzene rings is 1. The lowest BCUT2D eigenvalue weighted by Crippen LogP contribution is -2.21. The molecule has 0 saturated carbocycles. The lowest BCUT2D eigenvalue weighted by atomic mass is 10.0. The normalized spacial score (nSPS) is 12.1. The number of hydrogen-bond acceptors (Lipinski definition) is 3. The van der Waals surface area contributed by atoms with E-state index in [2.05, 4.69) is 24.0 Å². The van der Waals surface area contributed by atoms with Crippen molar-refractivity contribution >= 4 is 0 Å². The van der Waals surface area contributed by atoms with Crippen LogP contribution in [0.2, 0.25) is 0 Å². The summed E-state index contributed by atoms with van der Waals surface area (Å²) in [5.74, 6) is 0.904. The molecule has 0 spiro atoms. The molecule has 1 atom stereocenters. The van der Waals surface area contributed by atoms with Crippen molar-refractivity contribution in [3.05, 3.63) is 59.9 Å². The van der Waals surface area contributed by atoms with Crippen molar-refractivity contribution in [3.8, 4) is 5.75 Å². The van der Waals surface area contributed by atoms with Gasteiger partial charge in [-0.1, -0.05) is 25.1 Å². The van der Waals surface area contributed by atoms with Crippen LogP contribution >= 0.6 is 0 Å². The monoisotopic (exact) mass is 270 g/mol. The summed E-state index contributed by atoms with van der Waals surface area (Å²) in [6.07, 6.45) is 4.51. The maximum absolute atomic E-state index is 5.98. The van der Waals surface area contributed by atoms with Crippen molar-refractivity contribution in [2.45, 2.75) is 32.2 Å². The molecule has 0 fully saturated rings. The highest BCUT2D eigenvalue weighted by Crippen LogP contribution is 2.15. The fourth-order valence-electron chi connectivity index (χ4n) is 2.03. The second-order valence-electron chi connectivity index (χ2n) is 4.94. The molecule has 1 aromatic carbocycles. The van der Waals surface area contributed by atoms with E-state index in [0.29, 0.717) is 6.61 Å². The maximum atomic E-state index is 5.98. The lowest BCUT2D eigenvalue weighted by molar-refractivity contribution is 0.320. The summed E-state index contributed by atoms with van der Waals surface area (Å²) in [4.78, 5) is 4.28. The van der Waals surface area contributed by atoms with Crippen LogP contribution in [0.25, 0.3) is 0 Å². The largest absolute Gasteiger partial charge is 0.493 e. The molecule has 0 saturated heterocycles. The Balaban J connectivity index is 1.85. The minimum atomic E-state index is 0.221. The molecule has 2 rings (SSSR count). The van der Waals surface area contributed by atoms with E-state index in [1.807, 2.05) is 36.5 Å². The van der Waals surface area contributed by atoms with Gasteiger partial charge in [-0.25, -0.2) is 0 Å². The van der Waals surface area contributed by atoms with Crippen LogP contribution in [-0.2, 0) is 12.8 Å². The number of nitrogens with two attached hydrogens (primary N) is 1. The summed E-state index contributed by atoms with van der Waals surface area (Å²) < 4.78 is 5.78. The average Bonchev–Trinajstić information content (AvgIpc) is 2.48. The second kappa shape index (κ2) is 7.65. The van der Waals surface area contributed by atoms with Crippen molar-refractivity contribution < 1.29 is 4.74 Å². The first-order valence-electron chi connectivity index (χ1n) is 7.15. The van der Waals surface area contributed by atoms with E-state index in [1.54, 1.807) is 0 Å². The summed E-state index contributed by atoms with van der Waals surface area (Å²) in [5.41, 5.74) is 8.27. The predicted molar refractivity (Wildman–Crippen MR) is 81.8 cm³/mol. The molecule has 106 valence electrons. The van der Waals surface area contributed by atoms with Gasteiger partial charge in [0.2, 0.25) is 0 Å². The molecular formula is C17H22N2O. The van der Waals surface area contributed by atoms with E-state index in [-0.39, 0.29) is 6.04 Å². The molecule has 1 aromatic heterocycles. The SMILES string of the molecule is CCC(N)Cc1cccc(OCCc2ccccn2)c1. The molecule has 0 aliphatic heterocycles. The molecule has 2 N–H and O–H groups in total. The van der Waals surface area contributed by atoms with Gasteiger partial charge >= 0.3 is 0 Å². The summed E-state index contributed by atoms with van der Waals surface area (Å²) >= 11 is 0. The van der Waals surface area contributed by atoms with Crippen LogP contribution < -0.4 is 10.5 Å². The van der Waals surface area contributed by atoms with Gasteiger partial charge in [-0.15, -0.1) is 0 Å². The molecule has 0 aliphatic rings. The molecule has 0 radical (unpaired) electrons. The van der Waals surface area contributed by atoms with Crippen LogP contribution in [0.4, 0.5) is 0 Å². The van der Waals surface area contributed by atoms with E-state index < -0.39 is 0 Å². The zero-order valence-corrected chi connectivity index (χ0v) is 12.0. The number of nitrogens with zero attached hydrogens (tertiary/aromatic N) is 1. The van der Waals surface area contributed by atoms with Crippen molar-refractivity contribution in [3.63, 3.8) is 0 Å². The number of pyridine rings is 1. The fourth-order valence-corrected chi connectivity index (χ4v) is 2.03. The van der Waals surface area contributed by atoms with Crippen molar-refractivity contribution in [2.75, 3.05) is 6.61 Å². The van der Waals surface area contributed by atoms with Crippen molar-refractivity contribution in [2.24, 2.45) is 5.73 Å². The first-order valence-corrected chi connectivity index (χ1v) is 7.15. The highest BCUT2D eigenvalue weighted by molar-refractivity contribution is 5.29. The van der Waals surface area contributed by atoms with Crippen LogP contribution in [0.15, 0.2) is 48.7 Å². The Hall–Kier alpha value is -1.87. The van der Waals surface area contributed by atoms with E-state index in [1.165, 1.54) is 5.56 Å². The van der Waals surface area contributed by atoms with E-state index in [0.717, 1.165) is 30.7 Å². The Morgan fingerprint density at radius 2 is 2.10 bits per heavy atom. The van der Waals surface area contributed by atoms with Gasteiger partial charge in [-0.2, -0.15) is 0 Å².